The lowest BCUT2D eigenvalue weighted by molar-refractivity contribution is 0.0222. The molecule has 2 aromatic rings. The van der Waals surface area contributed by atoms with Crippen molar-refractivity contribution in [3.05, 3.63) is 40.8 Å². The number of aryl methyl sites for hydroxylation is 2. The Bertz CT molecular complexity index is 882. The molecule has 0 spiro atoms. The van der Waals surface area contributed by atoms with Crippen LogP contribution in [0.5, 0.6) is 0 Å². The molecule has 0 saturated carbocycles. The van der Waals surface area contributed by atoms with Gasteiger partial charge in [-0.3, -0.25) is 9.48 Å². The number of anilines is 1. The van der Waals surface area contributed by atoms with E-state index in [-0.39, 0.29) is 12.0 Å². The van der Waals surface area contributed by atoms with Crippen LogP contribution in [0.3, 0.4) is 0 Å². The Morgan fingerprint density at radius 3 is 2.67 bits per heavy atom. The second kappa shape index (κ2) is 7.02. The van der Waals surface area contributed by atoms with Crippen molar-refractivity contribution in [2.75, 3.05) is 11.9 Å². The Morgan fingerprint density at radius 2 is 2.00 bits per heavy atom. The summed E-state index contributed by atoms with van der Waals surface area (Å²) in [4.78, 5) is 31.2. The highest BCUT2D eigenvalue weighted by Crippen LogP contribution is 2.24. The standard InChI is InChI=1S/C19H25N5O3/c1-12-7-6-8-15(20-12)21-17(25)16-13-11-24(18(26)27-19(2,3)4)10-9-14(13)22-23(16)5/h6-8H,9-11H2,1-5H3,(H,20,21,25). The summed E-state index contributed by atoms with van der Waals surface area (Å²) >= 11 is 0. The summed E-state index contributed by atoms with van der Waals surface area (Å²) in [6.45, 7) is 8.16. The van der Waals surface area contributed by atoms with Gasteiger partial charge < -0.3 is 15.0 Å². The number of carbonyl (C=O) groups excluding carboxylic acids is 2. The minimum Gasteiger partial charge on any atom is -0.444 e. The first-order chi connectivity index (χ1) is 12.6. The average molecular weight is 371 g/mol. The van der Waals surface area contributed by atoms with Gasteiger partial charge in [0.15, 0.2) is 0 Å². The van der Waals surface area contributed by atoms with E-state index in [1.807, 2.05) is 39.8 Å². The quantitative estimate of drug-likeness (QED) is 0.877. The fourth-order valence-electron chi connectivity index (χ4n) is 3.06. The Morgan fingerprint density at radius 1 is 1.26 bits per heavy atom. The minimum atomic E-state index is -0.566. The van der Waals surface area contributed by atoms with Gasteiger partial charge in [-0.1, -0.05) is 6.07 Å². The molecule has 2 amide bonds. The first-order valence-electron chi connectivity index (χ1n) is 8.92. The smallest absolute Gasteiger partial charge is 0.410 e. The normalized spacial score (nSPS) is 13.9. The zero-order valence-corrected chi connectivity index (χ0v) is 16.4. The fourth-order valence-corrected chi connectivity index (χ4v) is 3.06. The molecule has 3 rings (SSSR count). The van der Waals surface area contributed by atoms with E-state index in [4.69, 9.17) is 4.74 Å². The fraction of sp³-hybridized carbons (Fsp3) is 0.474. The molecule has 1 N–H and O–H groups in total. The van der Waals surface area contributed by atoms with E-state index in [0.717, 1.165) is 17.0 Å². The Balaban J connectivity index is 1.82. The molecule has 3 heterocycles. The molecule has 0 atom stereocenters. The highest BCUT2D eigenvalue weighted by Gasteiger charge is 2.31. The van der Waals surface area contributed by atoms with Gasteiger partial charge in [-0.15, -0.1) is 0 Å². The number of hydrogen-bond acceptors (Lipinski definition) is 5. The molecule has 8 nitrogen and oxygen atoms in total. The van der Waals surface area contributed by atoms with Crippen molar-refractivity contribution < 1.29 is 14.3 Å². The predicted octanol–water partition coefficient (Wildman–Crippen LogP) is 2.67. The van der Waals surface area contributed by atoms with Crippen molar-refractivity contribution in [2.45, 2.75) is 46.3 Å². The van der Waals surface area contributed by atoms with Gasteiger partial charge in [0, 0.05) is 31.3 Å². The van der Waals surface area contributed by atoms with Gasteiger partial charge in [-0.25, -0.2) is 9.78 Å². The van der Waals surface area contributed by atoms with Gasteiger partial charge in [0.2, 0.25) is 0 Å². The maximum Gasteiger partial charge on any atom is 0.410 e. The van der Waals surface area contributed by atoms with Crippen LogP contribution in [0.2, 0.25) is 0 Å². The summed E-state index contributed by atoms with van der Waals surface area (Å²) < 4.78 is 7.02. The van der Waals surface area contributed by atoms with Crippen LogP contribution in [-0.2, 0) is 24.8 Å². The van der Waals surface area contributed by atoms with E-state index < -0.39 is 5.60 Å². The van der Waals surface area contributed by atoms with Crippen LogP contribution in [0.4, 0.5) is 10.6 Å². The number of fused-ring (bicyclic) bond motifs is 1. The molecule has 0 fully saturated rings. The van der Waals surface area contributed by atoms with Gasteiger partial charge in [0.25, 0.3) is 5.91 Å². The Kier molecular flexibility index (Phi) is 4.91. The number of nitrogens with one attached hydrogen (secondary N) is 1. The van der Waals surface area contributed by atoms with E-state index in [1.54, 1.807) is 22.7 Å². The summed E-state index contributed by atoms with van der Waals surface area (Å²) in [6.07, 6.45) is 0.196. The zero-order chi connectivity index (χ0) is 19.8. The monoisotopic (exact) mass is 371 g/mol. The van der Waals surface area contributed by atoms with Crippen LogP contribution >= 0.6 is 0 Å². The SMILES string of the molecule is Cc1cccc(NC(=O)c2c3c(nn2C)CCN(C(=O)OC(C)(C)C)C3)n1. The second-order valence-corrected chi connectivity index (χ2v) is 7.67. The van der Waals surface area contributed by atoms with Gasteiger partial charge >= 0.3 is 6.09 Å². The summed E-state index contributed by atoms with van der Waals surface area (Å²) in [5.74, 6) is 0.185. The molecule has 0 saturated heterocycles. The summed E-state index contributed by atoms with van der Waals surface area (Å²) in [7, 11) is 1.73. The van der Waals surface area contributed by atoms with Crippen molar-refractivity contribution in [1.82, 2.24) is 19.7 Å². The molecule has 0 aliphatic carbocycles. The Hall–Kier alpha value is -2.90. The van der Waals surface area contributed by atoms with Gasteiger partial charge in [0.1, 0.15) is 17.1 Å². The lowest BCUT2D eigenvalue weighted by Gasteiger charge is -2.29. The van der Waals surface area contributed by atoms with Crippen LogP contribution in [0.1, 0.15) is 48.2 Å². The number of nitrogens with zero attached hydrogens (tertiary/aromatic N) is 4. The topological polar surface area (TPSA) is 89.4 Å². The molecule has 1 aliphatic heterocycles. The number of carbonyl (C=O) groups is 2. The van der Waals surface area contributed by atoms with Crippen LogP contribution < -0.4 is 5.32 Å². The van der Waals surface area contributed by atoms with Crippen LogP contribution in [-0.4, -0.2) is 43.8 Å². The number of amides is 2. The molecule has 0 unspecified atom stereocenters. The van der Waals surface area contributed by atoms with Crippen LogP contribution in [0, 0.1) is 6.92 Å². The second-order valence-electron chi connectivity index (χ2n) is 7.67. The van der Waals surface area contributed by atoms with Crippen molar-refractivity contribution in [3.8, 4) is 0 Å². The minimum absolute atomic E-state index is 0.294. The maximum absolute atomic E-state index is 12.8. The molecule has 0 aromatic carbocycles. The summed E-state index contributed by atoms with van der Waals surface area (Å²) in [6, 6.07) is 5.43. The first kappa shape index (κ1) is 18.9. The summed E-state index contributed by atoms with van der Waals surface area (Å²) in [5, 5.41) is 7.27. The Labute approximate surface area is 158 Å². The number of ether oxygens (including phenoxy) is 1. The molecule has 1 aliphatic rings. The van der Waals surface area contributed by atoms with Gasteiger partial charge in [-0.2, -0.15) is 5.10 Å². The van der Waals surface area contributed by atoms with E-state index in [0.29, 0.717) is 31.0 Å². The van der Waals surface area contributed by atoms with Crippen LogP contribution in [0.15, 0.2) is 18.2 Å². The lowest BCUT2D eigenvalue weighted by Crippen LogP contribution is -2.40. The third-order valence-corrected chi connectivity index (χ3v) is 4.19. The highest BCUT2D eigenvalue weighted by molar-refractivity contribution is 6.03. The van der Waals surface area contributed by atoms with E-state index in [1.165, 1.54) is 0 Å². The first-order valence-corrected chi connectivity index (χ1v) is 8.92. The van der Waals surface area contributed by atoms with Gasteiger partial charge in [0.05, 0.1) is 12.2 Å². The summed E-state index contributed by atoms with van der Waals surface area (Å²) in [5.41, 5.74) is 2.26. The lowest BCUT2D eigenvalue weighted by atomic mass is 10.1. The van der Waals surface area contributed by atoms with Crippen molar-refractivity contribution in [2.24, 2.45) is 7.05 Å². The average Bonchev–Trinajstić information content (AvgIpc) is 2.88. The largest absolute Gasteiger partial charge is 0.444 e. The predicted molar refractivity (Wildman–Crippen MR) is 100 cm³/mol. The molecule has 0 bridgehead atoms. The van der Waals surface area contributed by atoms with Crippen molar-refractivity contribution in [3.63, 3.8) is 0 Å². The molecular formula is C19H25N5O3. The third-order valence-electron chi connectivity index (χ3n) is 4.19. The van der Waals surface area contributed by atoms with Crippen LogP contribution in [0.25, 0.3) is 0 Å². The van der Waals surface area contributed by atoms with Crippen molar-refractivity contribution in [1.29, 1.82) is 0 Å². The van der Waals surface area contributed by atoms with E-state index in [9.17, 15) is 9.59 Å². The number of hydrogen-bond donors (Lipinski definition) is 1. The van der Waals surface area contributed by atoms with Gasteiger partial charge in [-0.05, 0) is 39.8 Å². The number of rotatable bonds is 2. The molecule has 27 heavy (non-hydrogen) atoms. The molecule has 144 valence electrons. The van der Waals surface area contributed by atoms with E-state index >= 15 is 0 Å². The zero-order valence-electron chi connectivity index (χ0n) is 16.4. The highest BCUT2D eigenvalue weighted by atomic mass is 16.6. The molecular weight excluding hydrogens is 346 g/mol. The van der Waals surface area contributed by atoms with E-state index in [2.05, 4.69) is 15.4 Å². The molecule has 0 radical (unpaired) electrons. The number of pyridine rings is 1. The molecule has 2 aromatic heterocycles. The van der Waals surface area contributed by atoms with Crippen molar-refractivity contribution >= 4 is 17.8 Å². The number of aromatic nitrogens is 3. The maximum atomic E-state index is 12.8. The third kappa shape index (κ3) is 4.27. The molecule has 8 heteroatoms.